The Hall–Kier alpha value is -1.90. The van der Waals surface area contributed by atoms with Gasteiger partial charge < -0.3 is 5.32 Å². The first-order valence-electron chi connectivity index (χ1n) is 6.01. The predicted octanol–water partition coefficient (Wildman–Crippen LogP) is 2.45. The van der Waals surface area contributed by atoms with Crippen molar-refractivity contribution in [3.63, 3.8) is 0 Å². The molecule has 0 spiro atoms. The monoisotopic (exact) mass is 225 g/mol. The van der Waals surface area contributed by atoms with Crippen LogP contribution in [0.5, 0.6) is 0 Å². The van der Waals surface area contributed by atoms with Gasteiger partial charge in [-0.3, -0.25) is 4.98 Å². The molecule has 1 aliphatic rings. The Bertz CT molecular complexity index is 496. The third kappa shape index (κ3) is 2.28. The van der Waals surface area contributed by atoms with Crippen LogP contribution in [0.1, 0.15) is 17.5 Å². The highest BCUT2D eigenvalue weighted by atomic mass is 15.0. The van der Waals surface area contributed by atoms with Crippen LogP contribution in [0.4, 0.5) is 5.82 Å². The van der Waals surface area contributed by atoms with E-state index in [-0.39, 0.29) is 0 Å². The lowest BCUT2D eigenvalue weighted by Crippen LogP contribution is -2.27. The molecule has 0 radical (unpaired) electrons. The van der Waals surface area contributed by atoms with Crippen molar-refractivity contribution in [1.29, 1.82) is 0 Å². The third-order valence-electron chi connectivity index (χ3n) is 3.26. The van der Waals surface area contributed by atoms with Crippen LogP contribution >= 0.6 is 0 Å². The zero-order valence-electron chi connectivity index (χ0n) is 9.63. The van der Waals surface area contributed by atoms with Crippen LogP contribution in [0.3, 0.4) is 0 Å². The van der Waals surface area contributed by atoms with Crippen molar-refractivity contribution in [2.45, 2.75) is 25.3 Å². The highest BCUT2D eigenvalue weighted by Crippen LogP contribution is 2.22. The maximum atomic E-state index is 4.26. The molecule has 0 amide bonds. The molecule has 1 N–H and O–H groups in total. The van der Waals surface area contributed by atoms with Gasteiger partial charge in [-0.15, -0.1) is 0 Å². The van der Waals surface area contributed by atoms with Crippen LogP contribution < -0.4 is 5.32 Å². The number of fused-ring (bicyclic) bond motifs is 1. The Balaban J connectivity index is 1.72. The highest BCUT2D eigenvalue weighted by molar-refractivity contribution is 5.36. The number of nitrogens with zero attached hydrogens (tertiary/aromatic N) is 2. The Morgan fingerprint density at radius 1 is 1.12 bits per heavy atom. The van der Waals surface area contributed by atoms with Crippen molar-refractivity contribution >= 4 is 5.82 Å². The molecule has 1 heterocycles. The molecule has 3 rings (SSSR count). The fourth-order valence-corrected chi connectivity index (χ4v) is 2.40. The van der Waals surface area contributed by atoms with E-state index in [0.717, 1.165) is 25.1 Å². The number of anilines is 1. The number of rotatable bonds is 2. The summed E-state index contributed by atoms with van der Waals surface area (Å²) >= 11 is 0. The topological polar surface area (TPSA) is 37.8 Å². The van der Waals surface area contributed by atoms with E-state index >= 15 is 0 Å². The lowest BCUT2D eigenvalue weighted by atomic mass is 9.88. The molecule has 0 unspecified atom stereocenters. The van der Waals surface area contributed by atoms with E-state index in [1.54, 1.807) is 18.6 Å². The molecule has 0 saturated carbocycles. The van der Waals surface area contributed by atoms with Crippen LogP contribution in [0.25, 0.3) is 0 Å². The van der Waals surface area contributed by atoms with Gasteiger partial charge in [-0.05, 0) is 30.4 Å². The molecule has 0 fully saturated rings. The van der Waals surface area contributed by atoms with Crippen molar-refractivity contribution in [3.8, 4) is 0 Å². The number of benzene rings is 1. The summed E-state index contributed by atoms with van der Waals surface area (Å²) in [6, 6.07) is 9.16. The van der Waals surface area contributed by atoms with E-state index < -0.39 is 0 Å². The first kappa shape index (κ1) is 10.3. The second-order valence-electron chi connectivity index (χ2n) is 4.44. The van der Waals surface area contributed by atoms with Gasteiger partial charge in [-0.1, -0.05) is 24.3 Å². The van der Waals surface area contributed by atoms with Gasteiger partial charge in [0.25, 0.3) is 0 Å². The number of aromatic nitrogens is 2. The van der Waals surface area contributed by atoms with E-state index in [2.05, 4.69) is 39.6 Å². The van der Waals surface area contributed by atoms with Gasteiger partial charge in [0.2, 0.25) is 0 Å². The molecule has 0 bridgehead atoms. The van der Waals surface area contributed by atoms with E-state index in [4.69, 9.17) is 0 Å². The van der Waals surface area contributed by atoms with Gasteiger partial charge in [-0.25, -0.2) is 4.98 Å². The Labute approximate surface area is 101 Å². The largest absolute Gasteiger partial charge is 0.366 e. The first-order chi connectivity index (χ1) is 8.42. The lowest BCUT2D eigenvalue weighted by molar-refractivity contribution is 0.608. The molecule has 17 heavy (non-hydrogen) atoms. The summed E-state index contributed by atoms with van der Waals surface area (Å²) in [7, 11) is 0. The van der Waals surface area contributed by atoms with Crippen molar-refractivity contribution < 1.29 is 0 Å². The second kappa shape index (κ2) is 4.53. The minimum Gasteiger partial charge on any atom is -0.366 e. The summed E-state index contributed by atoms with van der Waals surface area (Å²) in [5.74, 6) is 0.872. The quantitative estimate of drug-likeness (QED) is 0.853. The molecule has 1 atom stereocenters. The summed E-state index contributed by atoms with van der Waals surface area (Å²) in [5, 5.41) is 3.45. The van der Waals surface area contributed by atoms with Gasteiger partial charge >= 0.3 is 0 Å². The summed E-state index contributed by atoms with van der Waals surface area (Å²) in [4.78, 5) is 8.32. The molecule has 2 aromatic rings. The van der Waals surface area contributed by atoms with Crippen LogP contribution in [-0.4, -0.2) is 16.0 Å². The molecular formula is C14H15N3. The Kier molecular flexibility index (Phi) is 2.74. The van der Waals surface area contributed by atoms with Gasteiger partial charge in [-0.2, -0.15) is 0 Å². The molecule has 86 valence electrons. The molecule has 3 nitrogen and oxygen atoms in total. The minimum atomic E-state index is 0.474. The standard InChI is InChI=1S/C14H15N3/c1-2-4-12-9-13(6-5-11(12)3-1)17-14-10-15-7-8-16-14/h1-4,7-8,10,13H,5-6,9H2,(H,16,17)/t13-/m0/s1. The molecule has 1 aromatic carbocycles. The zero-order chi connectivity index (χ0) is 11.5. The normalized spacial score (nSPS) is 18.5. The molecule has 1 aromatic heterocycles. The average molecular weight is 225 g/mol. The van der Waals surface area contributed by atoms with Crippen LogP contribution in [0.2, 0.25) is 0 Å². The number of hydrogen-bond acceptors (Lipinski definition) is 3. The van der Waals surface area contributed by atoms with Crippen molar-refractivity contribution in [2.75, 3.05) is 5.32 Å². The van der Waals surface area contributed by atoms with E-state index in [0.29, 0.717) is 6.04 Å². The summed E-state index contributed by atoms with van der Waals surface area (Å²) in [6.07, 6.45) is 8.58. The van der Waals surface area contributed by atoms with E-state index in [9.17, 15) is 0 Å². The second-order valence-corrected chi connectivity index (χ2v) is 4.44. The van der Waals surface area contributed by atoms with Crippen molar-refractivity contribution in [2.24, 2.45) is 0 Å². The third-order valence-corrected chi connectivity index (χ3v) is 3.26. The number of hydrogen-bond donors (Lipinski definition) is 1. The van der Waals surface area contributed by atoms with Crippen LogP contribution in [0, 0.1) is 0 Å². The fraction of sp³-hybridized carbons (Fsp3) is 0.286. The van der Waals surface area contributed by atoms with Crippen LogP contribution in [-0.2, 0) is 12.8 Å². The number of nitrogens with one attached hydrogen (secondary N) is 1. The van der Waals surface area contributed by atoms with Gasteiger partial charge in [0.05, 0.1) is 6.20 Å². The van der Waals surface area contributed by atoms with Gasteiger partial charge in [0, 0.05) is 18.4 Å². The van der Waals surface area contributed by atoms with Crippen molar-refractivity contribution in [3.05, 3.63) is 54.0 Å². The minimum absolute atomic E-state index is 0.474. The average Bonchev–Trinajstić information content (AvgIpc) is 2.40. The Morgan fingerprint density at radius 2 is 2.00 bits per heavy atom. The smallest absolute Gasteiger partial charge is 0.144 e. The zero-order valence-corrected chi connectivity index (χ0v) is 9.63. The summed E-state index contributed by atoms with van der Waals surface area (Å²) in [6.45, 7) is 0. The van der Waals surface area contributed by atoms with Crippen molar-refractivity contribution in [1.82, 2.24) is 9.97 Å². The molecule has 0 aliphatic heterocycles. The first-order valence-corrected chi connectivity index (χ1v) is 6.01. The fourth-order valence-electron chi connectivity index (χ4n) is 2.40. The van der Waals surface area contributed by atoms with E-state index in [1.165, 1.54) is 11.1 Å². The van der Waals surface area contributed by atoms with Gasteiger partial charge in [0.1, 0.15) is 5.82 Å². The number of aryl methyl sites for hydroxylation is 1. The summed E-state index contributed by atoms with van der Waals surface area (Å²) in [5.41, 5.74) is 2.95. The predicted molar refractivity (Wildman–Crippen MR) is 67.9 cm³/mol. The lowest BCUT2D eigenvalue weighted by Gasteiger charge is -2.25. The highest BCUT2D eigenvalue weighted by Gasteiger charge is 2.17. The Morgan fingerprint density at radius 3 is 2.82 bits per heavy atom. The molecule has 1 aliphatic carbocycles. The molecule has 3 heteroatoms. The van der Waals surface area contributed by atoms with Gasteiger partial charge in [0.15, 0.2) is 0 Å². The SMILES string of the molecule is c1ccc2c(c1)CC[C@H](Nc1cnccn1)C2. The molecular weight excluding hydrogens is 210 g/mol. The van der Waals surface area contributed by atoms with Crippen LogP contribution in [0.15, 0.2) is 42.9 Å². The maximum Gasteiger partial charge on any atom is 0.144 e. The summed E-state index contributed by atoms with van der Waals surface area (Å²) < 4.78 is 0. The van der Waals surface area contributed by atoms with E-state index in [1.807, 2.05) is 0 Å². The maximum absolute atomic E-state index is 4.26. The molecule has 0 saturated heterocycles.